The lowest BCUT2D eigenvalue weighted by Gasteiger charge is -2.01. The van der Waals surface area contributed by atoms with Gasteiger partial charge in [0.15, 0.2) is 5.69 Å². The second kappa shape index (κ2) is 7.17. The Bertz CT molecular complexity index is 563. The molecule has 1 aromatic heterocycles. The number of methoxy groups -OCH3 is 1. The molecule has 0 spiro atoms. The van der Waals surface area contributed by atoms with Crippen LogP contribution in [0.3, 0.4) is 0 Å². The van der Waals surface area contributed by atoms with Gasteiger partial charge in [0.2, 0.25) is 0 Å². The van der Waals surface area contributed by atoms with E-state index in [4.69, 9.17) is 9.47 Å². The number of carbonyl (C=O) groups excluding carboxylic acids is 1. The maximum absolute atomic E-state index is 11.8. The maximum Gasteiger partial charge on any atom is 0.357 e. The molecule has 4 nitrogen and oxygen atoms in total. The quantitative estimate of drug-likeness (QED) is 0.605. The fraction of sp³-hybridized carbons (Fsp3) is 0.333. The third-order valence-corrected chi connectivity index (χ3v) is 3.63. The SMILES string of the molecule is COCCCOC(=O)c1csc(-c2ccc(C)cc2)n1. The molecular weight excluding hydrogens is 274 g/mol. The van der Waals surface area contributed by atoms with Crippen LogP contribution in [0.5, 0.6) is 0 Å². The molecule has 0 aliphatic carbocycles. The van der Waals surface area contributed by atoms with E-state index in [0.29, 0.717) is 25.3 Å². The molecule has 0 saturated heterocycles. The Morgan fingerprint density at radius 3 is 2.70 bits per heavy atom. The number of benzene rings is 1. The molecule has 0 amide bonds. The number of nitrogens with zero attached hydrogens (tertiary/aromatic N) is 1. The average Bonchev–Trinajstić information content (AvgIpc) is 2.94. The van der Waals surface area contributed by atoms with E-state index in [1.165, 1.54) is 16.9 Å². The molecule has 2 rings (SSSR count). The van der Waals surface area contributed by atoms with Crippen LogP contribution in [0.1, 0.15) is 22.5 Å². The molecule has 0 N–H and O–H groups in total. The number of hydrogen-bond donors (Lipinski definition) is 0. The van der Waals surface area contributed by atoms with Crippen molar-refractivity contribution in [2.45, 2.75) is 13.3 Å². The molecule has 1 heterocycles. The molecule has 0 fully saturated rings. The number of esters is 1. The third kappa shape index (κ3) is 3.88. The van der Waals surface area contributed by atoms with Crippen molar-refractivity contribution >= 4 is 17.3 Å². The fourth-order valence-electron chi connectivity index (χ4n) is 1.64. The Balaban J connectivity index is 1.98. The van der Waals surface area contributed by atoms with Crippen LogP contribution >= 0.6 is 11.3 Å². The largest absolute Gasteiger partial charge is 0.461 e. The van der Waals surface area contributed by atoms with Gasteiger partial charge in [0, 0.05) is 31.1 Å². The van der Waals surface area contributed by atoms with Crippen LogP contribution in [-0.4, -0.2) is 31.3 Å². The van der Waals surface area contributed by atoms with E-state index in [2.05, 4.69) is 4.98 Å². The van der Waals surface area contributed by atoms with Crippen LogP contribution in [-0.2, 0) is 9.47 Å². The minimum atomic E-state index is -0.379. The van der Waals surface area contributed by atoms with Crippen molar-refractivity contribution in [2.75, 3.05) is 20.3 Å². The monoisotopic (exact) mass is 291 g/mol. The standard InChI is InChI=1S/C15H17NO3S/c1-11-4-6-12(7-5-11)14-16-13(10-20-14)15(17)19-9-3-8-18-2/h4-7,10H,3,8-9H2,1-2H3. The van der Waals surface area contributed by atoms with E-state index in [0.717, 1.165) is 10.6 Å². The highest BCUT2D eigenvalue weighted by Gasteiger charge is 2.12. The summed E-state index contributed by atoms with van der Waals surface area (Å²) in [5, 5.41) is 2.56. The van der Waals surface area contributed by atoms with Gasteiger partial charge in [0.1, 0.15) is 5.01 Å². The van der Waals surface area contributed by atoms with Gasteiger partial charge in [-0.25, -0.2) is 9.78 Å². The molecule has 0 unspecified atom stereocenters. The lowest BCUT2D eigenvalue weighted by molar-refractivity contribution is 0.0462. The highest BCUT2D eigenvalue weighted by Crippen LogP contribution is 2.24. The zero-order chi connectivity index (χ0) is 14.4. The molecule has 20 heavy (non-hydrogen) atoms. The van der Waals surface area contributed by atoms with E-state index in [1.54, 1.807) is 12.5 Å². The summed E-state index contributed by atoms with van der Waals surface area (Å²) in [6.45, 7) is 2.97. The molecule has 106 valence electrons. The van der Waals surface area contributed by atoms with Crippen LogP contribution in [0.15, 0.2) is 29.6 Å². The summed E-state index contributed by atoms with van der Waals surface area (Å²) in [5.74, 6) is -0.379. The summed E-state index contributed by atoms with van der Waals surface area (Å²) in [7, 11) is 1.62. The minimum absolute atomic E-state index is 0.351. The Morgan fingerprint density at radius 2 is 2.00 bits per heavy atom. The number of aromatic nitrogens is 1. The van der Waals surface area contributed by atoms with Gasteiger partial charge in [-0.2, -0.15) is 0 Å². The summed E-state index contributed by atoms with van der Waals surface area (Å²) in [6, 6.07) is 8.06. The second-order valence-corrected chi connectivity index (χ2v) is 5.24. The molecule has 0 radical (unpaired) electrons. The first-order chi connectivity index (χ1) is 9.70. The molecule has 0 saturated carbocycles. The number of rotatable bonds is 6. The second-order valence-electron chi connectivity index (χ2n) is 4.39. The summed E-state index contributed by atoms with van der Waals surface area (Å²) in [4.78, 5) is 16.1. The first-order valence-electron chi connectivity index (χ1n) is 6.39. The van der Waals surface area contributed by atoms with Gasteiger partial charge in [-0.15, -0.1) is 11.3 Å². The number of thiazole rings is 1. The van der Waals surface area contributed by atoms with E-state index in [1.807, 2.05) is 31.2 Å². The van der Waals surface area contributed by atoms with Gasteiger partial charge in [-0.1, -0.05) is 29.8 Å². The predicted octanol–water partition coefficient (Wildman–Crippen LogP) is 3.31. The number of carbonyl (C=O) groups is 1. The number of hydrogen-bond acceptors (Lipinski definition) is 5. The summed E-state index contributed by atoms with van der Waals surface area (Å²) >= 11 is 1.44. The van der Waals surface area contributed by atoms with Crippen molar-refractivity contribution < 1.29 is 14.3 Å². The number of ether oxygens (including phenoxy) is 2. The van der Waals surface area contributed by atoms with Gasteiger partial charge < -0.3 is 9.47 Å². The molecule has 1 aromatic carbocycles. The van der Waals surface area contributed by atoms with Crippen LogP contribution < -0.4 is 0 Å². The van der Waals surface area contributed by atoms with Crippen LogP contribution in [0.2, 0.25) is 0 Å². The molecular formula is C15H17NO3S. The Kier molecular flexibility index (Phi) is 5.26. The molecule has 0 aliphatic rings. The van der Waals surface area contributed by atoms with Crippen molar-refractivity contribution in [3.8, 4) is 10.6 Å². The van der Waals surface area contributed by atoms with Crippen molar-refractivity contribution in [2.24, 2.45) is 0 Å². The summed E-state index contributed by atoms with van der Waals surface area (Å²) in [5.41, 5.74) is 2.57. The van der Waals surface area contributed by atoms with E-state index >= 15 is 0 Å². The fourth-order valence-corrected chi connectivity index (χ4v) is 2.43. The van der Waals surface area contributed by atoms with E-state index < -0.39 is 0 Å². The van der Waals surface area contributed by atoms with Gasteiger partial charge in [0.25, 0.3) is 0 Å². The van der Waals surface area contributed by atoms with Crippen molar-refractivity contribution in [3.63, 3.8) is 0 Å². The normalized spacial score (nSPS) is 10.5. The maximum atomic E-state index is 11.8. The summed E-state index contributed by atoms with van der Waals surface area (Å²) < 4.78 is 10.0. The third-order valence-electron chi connectivity index (χ3n) is 2.74. The zero-order valence-electron chi connectivity index (χ0n) is 11.6. The lowest BCUT2D eigenvalue weighted by atomic mass is 10.2. The summed E-state index contributed by atoms with van der Waals surface area (Å²) in [6.07, 6.45) is 0.692. The predicted molar refractivity (Wildman–Crippen MR) is 79.1 cm³/mol. The minimum Gasteiger partial charge on any atom is -0.461 e. The average molecular weight is 291 g/mol. The first-order valence-corrected chi connectivity index (χ1v) is 7.27. The Morgan fingerprint density at radius 1 is 1.25 bits per heavy atom. The van der Waals surface area contributed by atoms with Crippen molar-refractivity contribution in [3.05, 3.63) is 40.9 Å². The van der Waals surface area contributed by atoms with Gasteiger partial charge in [0.05, 0.1) is 6.61 Å². The highest BCUT2D eigenvalue weighted by molar-refractivity contribution is 7.13. The van der Waals surface area contributed by atoms with Gasteiger partial charge in [-0.05, 0) is 6.92 Å². The molecule has 5 heteroatoms. The molecule has 0 aliphatic heterocycles. The number of aryl methyl sites for hydroxylation is 1. The highest BCUT2D eigenvalue weighted by atomic mass is 32.1. The Hall–Kier alpha value is -1.72. The molecule has 2 aromatic rings. The van der Waals surface area contributed by atoms with Gasteiger partial charge >= 0.3 is 5.97 Å². The van der Waals surface area contributed by atoms with Crippen LogP contribution in [0.4, 0.5) is 0 Å². The molecule has 0 atom stereocenters. The van der Waals surface area contributed by atoms with Crippen LogP contribution in [0.25, 0.3) is 10.6 Å². The van der Waals surface area contributed by atoms with E-state index in [-0.39, 0.29) is 5.97 Å². The van der Waals surface area contributed by atoms with Crippen molar-refractivity contribution in [1.29, 1.82) is 0 Å². The zero-order valence-corrected chi connectivity index (χ0v) is 12.4. The van der Waals surface area contributed by atoms with Crippen molar-refractivity contribution in [1.82, 2.24) is 4.98 Å². The molecule has 0 bridgehead atoms. The van der Waals surface area contributed by atoms with E-state index in [9.17, 15) is 4.79 Å². The lowest BCUT2D eigenvalue weighted by Crippen LogP contribution is -2.08. The van der Waals surface area contributed by atoms with Gasteiger partial charge in [-0.3, -0.25) is 0 Å². The topological polar surface area (TPSA) is 48.4 Å². The smallest absolute Gasteiger partial charge is 0.357 e. The Labute approximate surface area is 122 Å². The van der Waals surface area contributed by atoms with Crippen LogP contribution in [0, 0.1) is 6.92 Å². The first kappa shape index (κ1) is 14.7.